The zero-order valence-corrected chi connectivity index (χ0v) is 13.7. The fourth-order valence-electron chi connectivity index (χ4n) is 2.69. The van der Waals surface area contributed by atoms with Gasteiger partial charge in [0.25, 0.3) is 0 Å². The Hall–Kier alpha value is -1.61. The Morgan fingerprint density at radius 2 is 1.86 bits per heavy atom. The van der Waals surface area contributed by atoms with Crippen molar-refractivity contribution in [1.29, 1.82) is 0 Å². The maximum absolute atomic E-state index is 4.45. The van der Waals surface area contributed by atoms with E-state index in [4.69, 9.17) is 0 Å². The summed E-state index contributed by atoms with van der Waals surface area (Å²) in [5.74, 6) is 1.85. The Labute approximate surface area is 128 Å². The van der Waals surface area contributed by atoms with E-state index in [2.05, 4.69) is 72.7 Å². The van der Waals surface area contributed by atoms with E-state index in [1.54, 1.807) is 0 Å². The Morgan fingerprint density at radius 1 is 1.14 bits per heavy atom. The van der Waals surface area contributed by atoms with E-state index in [9.17, 15) is 0 Å². The van der Waals surface area contributed by atoms with E-state index in [0.717, 1.165) is 18.3 Å². The average Bonchev–Trinajstić information content (AvgIpc) is 2.85. The number of imidazole rings is 1. The lowest BCUT2D eigenvalue weighted by molar-refractivity contribution is 0.208. The minimum Gasteiger partial charge on any atom is -0.337 e. The molecule has 0 saturated carbocycles. The summed E-state index contributed by atoms with van der Waals surface area (Å²) in [7, 11) is 4.26. The van der Waals surface area contributed by atoms with Crippen molar-refractivity contribution in [3.05, 3.63) is 54.1 Å². The van der Waals surface area contributed by atoms with Crippen LogP contribution in [0.2, 0.25) is 0 Å². The number of aromatic nitrogens is 2. The maximum Gasteiger partial charge on any atom is 0.122 e. The molecule has 0 aliphatic heterocycles. The van der Waals surface area contributed by atoms with E-state index in [-0.39, 0.29) is 0 Å². The Bertz CT molecular complexity index is 530. The highest BCUT2D eigenvalue weighted by Crippen LogP contribution is 2.27. The molecule has 1 aromatic carbocycles. The summed E-state index contributed by atoms with van der Waals surface area (Å²) >= 11 is 0. The summed E-state index contributed by atoms with van der Waals surface area (Å²) in [5.41, 5.74) is 1.40. The topological polar surface area (TPSA) is 21.1 Å². The van der Waals surface area contributed by atoms with Crippen LogP contribution in [-0.4, -0.2) is 21.5 Å². The van der Waals surface area contributed by atoms with Gasteiger partial charge in [-0.25, -0.2) is 4.98 Å². The van der Waals surface area contributed by atoms with Crippen LogP contribution in [0.3, 0.4) is 0 Å². The number of hydrogen-bond acceptors (Lipinski definition) is 2. The molecule has 0 radical (unpaired) electrons. The molecule has 1 heterocycles. The quantitative estimate of drug-likeness (QED) is 0.766. The molecule has 2 rings (SSSR count). The molecule has 1 unspecified atom stereocenters. The van der Waals surface area contributed by atoms with Gasteiger partial charge in [0.2, 0.25) is 0 Å². The fraction of sp³-hybridized carbons (Fsp3) is 0.500. The predicted molar refractivity (Wildman–Crippen MR) is 87.9 cm³/mol. The van der Waals surface area contributed by atoms with Crippen LogP contribution in [0.4, 0.5) is 0 Å². The minimum absolute atomic E-state index is 0.449. The van der Waals surface area contributed by atoms with Gasteiger partial charge >= 0.3 is 0 Å². The van der Waals surface area contributed by atoms with Crippen molar-refractivity contribution < 1.29 is 0 Å². The molecule has 0 fully saturated rings. The van der Waals surface area contributed by atoms with Gasteiger partial charge in [0.15, 0.2) is 0 Å². The highest BCUT2D eigenvalue weighted by molar-refractivity contribution is 5.19. The lowest BCUT2D eigenvalue weighted by Gasteiger charge is -2.29. The van der Waals surface area contributed by atoms with Crippen LogP contribution in [0.15, 0.2) is 42.7 Å². The number of benzene rings is 1. The van der Waals surface area contributed by atoms with Crippen molar-refractivity contribution in [1.82, 2.24) is 14.5 Å². The lowest BCUT2D eigenvalue weighted by Crippen LogP contribution is -2.26. The molecule has 3 heteroatoms. The molecule has 2 aromatic rings. The van der Waals surface area contributed by atoms with Gasteiger partial charge in [0, 0.05) is 25.5 Å². The van der Waals surface area contributed by atoms with Gasteiger partial charge in [-0.15, -0.1) is 0 Å². The van der Waals surface area contributed by atoms with Gasteiger partial charge < -0.3 is 4.57 Å². The first-order valence-corrected chi connectivity index (χ1v) is 7.79. The lowest BCUT2D eigenvalue weighted by atomic mass is 9.96. The van der Waals surface area contributed by atoms with Gasteiger partial charge in [0.1, 0.15) is 5.82 Å². The highest BCUT2D eigenvalue weighted by atomic mass is 15.2. The minimum atomic E-state index is 0.449. The van der Waals surface area contributed by atoms with Gasteiger partial charge in [-0.05, 0) is 31.4 Å². The molecule has 0 aliphatic rings. The van der Waals surface area contributed by atoms with Crippen LogP contribution in [0.1, 0.15) is 44.1 Å². The zero-order chi connectivity index (χ0) is 15.2. The van der Waals surface area contributed by atoms with Crippen molar-refractivity contribution in [2.45, 2.75) is 39.3 Å². The first-order chi connectivity index (χ1) is 10.1. The molecule has 3 nitrogen and oxygen atoms in total. The molecule has 0 aliphatic carbocycles. The van der Waals surface area contributed by atoms with Crippen molar-refractivity contribution in [3.8, 4) is 0 Å². The number of hydrogen-bond donors (Lipinski definition) is 0. The number of rotatable bonds is 7. The largest absolute Gasteiger partial charge is 0.337 e. The summed E-state index contributed by atoms with van der Waals surface area (Å²) in [4.78, 5) is 6.87. The van der Waals surface area contributed by atoms with Crippen LogP contribution in [0.25, 0.3) is 0 Å². The van der Waals surface area contributed by atoms with E-state index in [1.807, 2.05) is 12.4 Å². The van der Waals surface area contributed by atoms with Gasteiger partial charge in [-0.1, -0.05) is 44.2 Å². The predicted octanol–water partition coefficient (Wildman–Crippen LogP) is 4.03. The molecule has 0 saturated heterocycles. The van der Waals surface area contributed by atoms with Gasteiger partial charge in [-0.2, -0.15) is 0 Å². The van der Waals surface area contributed by atoms with E-state index in [0.29, 0.717) is 6.04 Å². The maximum atomic E-state index is 4.45. The fourth-order valence-corrected chi connectivity index (χ4v) is 2.69. The van der Waals surface area contributed by atoms with E-state index < -0.39 is 0 Å². The van der Waals surface area contributed by atoms with Crippen LogP contribution >= 0.6 is 0 Å². The Morgan fingerprint density at radius 3 is 2.43 bits per heavy atom. The molecule has 0 bridgehead atoms. The van der Waals surface area contributed by atoms with Crippen molar-refractivity contribution in [2.75, 3.05) is 7.05 Å². The summed E-state index contributed by atoms with van der Waals surface area (Å²) in [6.45, 7) is 5.46. The number of nitrogens with zero attached hydrogens (tertiary/aromatic N) is 3. The second kappa shape index (κ2) is 7.41. The summed E-state index contributed by atoms with van der Waals surface area (Å²) in [5, 5.41) is 0. The third kappa shape index (κ3) is 4.43. The van der Waals surface area contributed by atoms with Crippen molar-refractivity contribution >= 4 is 0 Å². The molecular formula is C18H27N3. The third-order valence-electron chi connectivity index (χ3n) is 4.05. The summed E-state index contributed by atoms with van der Waals surface area (Å²) in [6.07, 6.45) is 6.30. The average molecular weight is 285 g/mol. The molecule has 0 N–H and O–H groups in total. The second-order valence-electron chi connectivity index (χ2n) is 6.27. The van der Waals surface area contributed by atoms with Crippen LogP contribution < -0.4 is 0 Å². The van der Waals surface area contributed by atoms with Gasteiger partial charge in [0.05, 0.1) is 6.54 Å². The normalized spacial score (nSPS) is 13.0. The first kappa shape index (κ1) is 15.8. The molecule has 0 amide bonds. The van der Waals surface area contributed by atoms with E-state index >= 15 is 0 Å². The van der Waals surface area contributed by atoms with E-state index in [1.165, 1.54) is 18.4 Å². The molecular weight excluding hydrogens is 258 g/mol. The molecule has 0 spiro atoms. The SMILES string of the molecule is CC(C)CCC(c1ccccc1)N(C)Cc1nccn1C. The van der Waals surface area contributed by atoms with Crippen molar-refractivity contribution in [3.63, 3.8) is 0 Å². The molecule has 114 valence electrons. The third-order valence-corrected chi connectivity index (χ3v) is 4.05. The number of aryl methyl sites for hydroxylation is 1. The Kier molecular flexibility index (Phi) is 5.57. The van der Waals surface area contributed by atoms with Crippen molar-refractivity contribution in [2.24, 2.45) is 13.0 Å². The van der Waals surface area contributed by atoms with Crippen LogP contribution in [-0.2, 0) is 13.6 Å². The summed E-state index contributed by atoms with van der Waals surface area (Å²) in [6, 6.07) is 11.3. The molecule has 1 atom stereocenters. The highest BCUT2D eigenvalue weighted by Gasteiger charge is 2.18. The Balaban J connectivity index is 2.12. The van der Waals surface area contributed by atoms with Crippen LogP contribution in [0.5, 0.6) is 0 Å². The smallest absolute Gasteiger partial charge is 0.122 e. The second-order valence-corrected chi connectivity index (χ2v) is 6.27. The molecule has 21 heavy (non-hydrogen) atoms. The zero-order valence-electron chi connectivity index (χ0n) is 13.7. The summed E-state index contributed by atoms with van der Waals surface area (Å²) < 4.78 is 2.10. The monoisotopic (exact) mass is 285 g/mol. The molecule has 1 aromatic heterocycles. The van der Waals surface area contributed by atoms with Gasteiger partial charge in [-0.3, -0.25) is 4.90 Å². The standard InChI is InChI=1S/C18H27N3/c1-15(2)10-11-17(16-8-6-5-7-9-16)21(4)14-18-19-12-13-20(18)3/h5-9,12-13,15,17H,10-11,14H2,1-4H3. The van der Waals surface area contributed by atoms with Crippen LogP contribution in [0, 0.1) is 5.92 Å². The first-order valence-electron chi connectivity index (χ1n) is 7.79.